The van der Waals surface area contributed by atoms with E-state index in [1.807, 2.05) is 6.92 Å². The molecular formula is C9H19NOS. The van der Waals surface area contributed by atoms with Crippen LogP contribution in [0, 0.1) is 0 Å². The highest BCUT2D eigenvalue weighted by Crippen LogP contribution is 2.25. The van der Waals surface area contributed by atoms with Crippen molar-refractivity contribution in [3.8, 4) is 0 Å². The van der Waals surface area contributed by atoms with Gasteiger partial charge in [0.25, 0.3) is 0 Å². The van der Waals surface area contributed by atoms with E-state index in [1.54, 1.807) is 0 Å². The molecule has 0 aliphatic carbocycles. The summed E-state index contributed by atoms with van der Waals surface area (Å²) in [7, 11) is 0. The van der Waals surface area contributed by atoms with Gasteiger partial charge in [-0.05, 0) is 13.3 Å². The molecule has 0 bridgehead atoms. The number of nitrogens with one attached hydrogen (secondary N) is 1. The Bertz CT molecular complexity index is 121. The Morgan fingerprint density at radius 3 is 3.00 bits per heavy atom. The first kappa shape index (κ1) is 10.4. The summed E-state index contributed by atoms with van der Waals surface area (Å²) in [6.45, 7) is 7.03. The molecule has 1 aliphatic rings. The lowest BCUT2D eigenvalue weighted by Crippen LogP contribution is -2.32. The Morgan fingerprint density at radius 2 is 2.42 bits per heavy atom. The van der Waals surface area contributed by atoms with Gasteiger partial charge in [-0.2, -0.15) is 11.8 Å². The highest BCUT2D eigenvalue weighted by Gasteiger charge is 2.20. The van der Waals surface area contributed by atoms with E-state index in [9.17, 15) is 0 Å². The number of ether oxygens (including phenoxy) is 1. The molecule has 0 saturated carbocycles. The predicted octanol–water partition coefficient (Wildman–Crippen LogP) is 1.51. The zero-order chi connectivity index (χ0) is 8.81. The van der Waals surface area contributed by atoms with Crippen LogP contribution in [-0.2, 0) is 4.74 Å². The van der Waals surface area contributed by atoms with Crippen LogP contribution < -0.4 is 5.32 Å². The fraction of sp³-hybridized carbons (Fsp3) is 1.00. The molecule has 72 valence electrons. The Labute approximate surface area is 79.4 Å². The van der Waals surface area contributed by atoms with Crippen molar-refractivity contribution in [2.45, 2.75) is 31.6 Å². The van der Waals surface area contributed by atoms with Crippen molar-refractivity contribution in [3.63, 3.8) is 0 Å². The Morgan fingerprint density at radius 1 is 1.58 bits per heavy atom. The summed E-state index contributed by atoms with van der Waals surface area (Å²) in [6, 6.07) is 0.727. The molecule has 0 aromatic heterocycles. The van der Waals surface area contributed by atoms with Crippen molar-refractivity contribution < 1.29 is 4.74 Å². The summed E-state index contributed by atoms with van der Waals surface area (Å²) in [4.78, 5) is 0. The zero-order valence-corrected chi connectivity index (χ0v) is 8.82. The van der Waals surface area contributed by atoms with Gasteiger partial charge in [-0.15, -0.1) is 0 Å². The van der Waals surface area contributed by atoms with Crippen molar-refractivity contribution in [3.05, 3.63) is 0 Å². The van der Waals surface area contributed by atoms with E-state index < -0.39 is 0 Å². The summed E-state index contributed by atoms with van der Waals surface area (Å²) < 4.78 is 5.25. The first-order chi connectivity index (χ1) is 5.83. The van der Waals surface area contributed by atoms with Gasteiger partial charge in [-0.1, -0.05) is 6.92 Å². The normalized spacial score (nSPS) is 29.5. The maximum atomic E-state index is 5.25. The molecule has 12 heavy (non-hydrogen) atoms. The third kappa shape index (κ3) is 3.78. The maximum Gasteiger partial charge on any atom is 0.0590 e. The van der Waals surface area contributed by atoms with E-state index >= 15 is 0 Å². The molecule has 0 spiro atoms. The van der Waals surface area contributed by atoms with E-state index in [0.717, 1.165) is 31.1 Å². The van der Waals surface area contributed by atoms with Crippen LogP contribution >= 0.6 is 11.8 Å². The van der Waals surface area contributed by atoms with E-state index in [0.29, 0.717) is 0 Å². The lowest BCUT2D eigenvalue weighted by Gasteiger charge is -2.10. The molecule has 1 N–H and O–H groups in total. The monoisotopic (exact) mass is 189 g/mol. The molecule has 3 heteroatoms. The molecule has 2 unspecified atom stereocenters. The van der Waals surface area contributed by atoms with Crippen LogP contribution in [0.3, 0.4) is 0 Å². The van der Waals surface area contributed by atoms with Gasteiger partial charge in [0.1, 0.15) is 0 Å². The summed E-state index contributed by atoms with van der Waals surface area (Å²) in [5, 5.41) is 4.34. The van der Waals surface area contributed by atoms with Crippen molar-refractivity contribution in [2.75, 3.05) is 25.5 Å². The first-order valence-electron chi connectivity index (χ1n) is 4.75. The van der Waals surface area contributed by atoms with E-state index in [-0.39, 0.29) is 0 Å². The fourth-order valence-corrected chi connectivity index (χ4v) is 2.62. The van der Waals surface area contributed by atoms with Gasteiger partial charge in [-0.25, -0.2) is 0 Å². The summed E-state index contributed by atoms with van der Waals surface area (Å²) in [5.41, 5.74) is 0. The molecule has 0 aromatic carbocycles. The van der Waals surface area contributed by atoms with Crippen LogP contribution in [0.25, 0.3) is 0 Å². The molecule has 1 heterocycles. The van der Waals surface area contributed by atoms with Gasteiger partial charge in [0, 0.05) is 30.2 Å². The van der Waals surface area contributed by atoms with Crippen LogP contribution in [0.4, 0.5) is 0 Å². The third-order valence-corrected chi connectivity index (χ3v) is 3.44. The quantitative estimate of drug-likeness (QED) is 0.662. The molecular weight excluding hydrogens is 170 g/mol. The van der Waals surface area contributed by atoms with Crippen LogP contribution in [0.5, 0.6) is 0 Å². The highest BCUT2D eigenvalue weighted by atomic mass is 32.2. The topological polar surface area (TPSA) is 21.3 Å². The van der Waals surface area contributed by atoms with Gasteiger partial charge >= 0.3 is 0 Å². The Hall–Kier alpha value is 0.270. The minimum Gasteiger partial charge on any atom is -0.380 e. The largest absolute Gasteiger partial charge is 0.380 e. The van der Waals surface area contributed by atoms with Gasteiger partial charge in [0.05, 0.1) is 6.61 Å². The fourth-order valence-electron chi connectivity index (χ4n) is 1.44. The first-order valence-corrected chi connectivity index (χ1v) is 5.80. The SMILES string of the molecule is CCOCCNC1CSC(C)C1. The molecule has 1 fully saturated rings. The van der Waals surface area contributed by atoms with E-state index in [1.165, 1.54) is 12.2 Å². The second-order valence-corrected chi connectivity index (χ2v) is 4.70. The zero-order valence-electron chi connectivity index (χ0n) is 8.01. The number of hydrogen-bond acceptors (Lipinski definition) is 3. The molecule has 2 atom stereocenters. The smallest absolute Gasteiger partial charge is 0.0590 e. The van der Waals surface area contributed by atoms with Crippen molar-refractivity contribution in [1.82, 2.24) is 5.32 Å². The van der Waals surface area contributed by atoms with Gasteiger partial charge < -0.3 is 10.1 Å². The Balaban J connectivity index is 1.93. The van der Waals surface area contributed by atoms with Crippen LogP contribution in [0.2, 0.25) is 0 Å². The third-order valence-electron chi connectivity index (χ3n) is 2.08. The van der Waals surface area contributed by atoms with Crippen molar-refractivity contribution in [1.29, 1.82) is 0 Å². The lowest BCUT2D eigenvalue weighted by molar-refractivity contribution is 0.147. The maximum absolute atomic E-state index is 5.25. The van der Waals surface area contributed by atoms with Gasteiger partial charge in [-0.3, -0.25) is 0 Å². The minimum atomic E-state index is 0.727. The van der Waals surface area contributed by atoms with Crippen LogP contribution in [0.1, 0.15) is 20.3 Å². The molecule has 1 aliphatic heterocycles. The second kappa shape index (κ2) is 5.84. The predicted molar refractivity (Wildman–Crippen MR) is 54.8 cm³/mol. The second-order valence-electron chi connectivity index (χ2n) is 3.23. The summed E-state index contributed by atoms with van der Waals surface area (Å²) in [5.74, 6) is 1.27. The average Bonchev–Trinajstić information content (AvgIpc) is 2.45. The van der Waals surface area contributed by atoms with Crippen molar-refractivity contribution >= 4 is 11.8 Å². The number of rotatable bonds is 5. The van der Waals surface area contributed by atoms with Gasteiger partial charge in [0.2, 0.25) is 0 Å². The van der Waals surface area contributed by atoms with Crippen LogP contribution in [0.15, 0.2) is 0 Å². The standard InChI is InChI=1S/C9H19NOS/c1-3-11-5-4-10-9-6-8(2)12-7-9/h8-10H,3-7H2,1-2H3. The van der Waals surface area contributed by atoms with E-state index in [4.69, 9.17) is 4.74 Å². The molecule has 2 nitrogen and oxygen atoms in total. The molecule has 0 amide bonds. The van der Waals surface area contributed by atoms with Crippen LogP contribution in [-0.4, -0.2) is 36.8 Å². The number of thioether (sulfide) groups is 1. The molecule has 1 rings (SSSR count). The summed E-state index contributed by atoms with van der Waals surface area (Å²) in [6.07, 6.45) is 1.32. The Kier molecular flexibility index (Phi) is 5.04. The molecule has 1 saturated heterocycles. The molecule has 0 aromatic rings. The molecule has 0 radical (unpaired) electrons. The number of hydrogen-bond donors (Lipinski definition) is 1. The van der Waals surface area contributed by atoms with Gasteiger partial charge in [0.15, 0.2) is 0 Å². The minimum absolute atomic E-state index is 0.727. The van der Waals surface area contributed by atoms with Crippen molar-refractivity contribution in [2.24, 2.45) is 0 Å². The average molecular weight is 189 g/mol. The highest BCUT2D eigenvalue weighted by molar-refractivity contribution is 8.00. The lowest BCUT2D eigenvalue weighted by atomic mass is 10.2. The summed E-state index contributed by atoms with van der Waals surface area (Å²) >= 11 is 2.07. The van der Waals surface area contributed by atoms with E-state index in [2.05, 4.69) is 24.0 Å².